The molecule has 0 radical (unpaired) electrons. The molecule has 6 nitrogen and oxygen atoms in total. The molecular weight excluding hydrogens is 366 g/mol. The first-order valence-corrected chi connectivity index (χ1v) is 9.92. The highest BCUT2D eigenvalue weighted by molar-refractivity contribution is 5.96. The maximum absolute atomic E-state index is 12.9. The number of carbonyl (C=O) groups excluding carboxylic acids is 3. The van der Waals surface area contributed by atoms with Crippen LogP contribution in [0.2, 0.25) is 0 Å². The van der Waals surface area contributed by atoms with E-state index >= 15 is 0 Å². The summed E-state index contributed by atoms with van der Waals surface area (Å²) in [5.41, 5.74) is 3.44. The van der Waals surface area contributed by atoms with E-state index in [9.17, 15) is 14.4 Å². The summed E-state index contributed by atoms with van der Waals surface area (Å²) in [5.74, 6) is -0.811. The zero-order chi connectivity index (χ0) is 20.8. The van der Waals surface area contributed by atoms with Gasteiger partial charge in [0.25, 0.3) is 5.91 Å². The second-order valence-electron chi connectivity index (χ2n) is 7.60. The largest absolute Gasteiger partial charge is 0.347 e. The molecule has 0 aromatic heterocycles. The average molecular weight is 393 g/mol. The van der Waals surface area contributed by atoms with Gasteiger partial charge in [-0.05, 0) is 51.0 Å². The summed E-state index contributed by atoms with van der Waals surface area (Å²) in [4.78, 5) is 39.2. The number of aryl methyl sites for hydroxylation is 2. The molecule has 2 aromatic carbocycles. The van der Waals surface area contributed by atoms with Crippen molar-refractivity contribution < 1.29 is 14.4 Å². The molecule has 1 aliphatic heterocycles. The van der Waals surface area contributed by atoms with E-state index in [4.69, 9.17) is 0 Å². The van der Waals surface area contributed by atoms with Crippen LogP contribution in [0.4, 0.5) is 5.69 Å². The molecule has 2 aromatic rings. The molecule has 0 saturated carbocycles. The number of nitrogens with zero attached hydrogens (tertiary/aromatic N) is 1. The molecule has 0 spiro atoms. The maximum atomic E-state index is 12.9. The van der Waals surface area contributed by atoms with E-state index in [0.29, 0.717) is 30.8 Å². The fourth-order valence-corrected chi connectivity index (χ4v) is 3.69. The van der Waals surface area contributed by atoms with Crippen molar-refractivity contribution in [3.05, 3.63) is 65.2 Å². The lowest BCUT2D eigenvalue weighted by atomic mass is 9.96. The third kappa shape index (κ3) is 5.67. The van der Waals surface area contributed by atoms with Gasteiger partial charge in [-0.1, -0.05) is 35.4 Å². The van der Waals surface area contributed by atoms with Crippen LogP contribution in [-0.2, 0) is 9.59 Å². The highest BCUT2D eigenvalue weighted by atomic mass is 16.2. The Bertz CT molecular complexity index is 875. The summed E-state index contributed by atoms with van der Waals surface area (Å²) >= 11 is 0. The first kappa shape index (κ1) is 20.6. The summed E-state index contributed by atoms with van der Waals surface area (Å²) in [6.07, 6.45) is 1.48. The quantitative estimate of drug-likeness (QED) is 0.820. The van der Waals surface area contributed by atoms with Crippen molar-refractivity contribution in [3.8, 4) is 0 Å². The number of carbonyl (C=O) groups is 3. The zero-order valence-electron chi connectivity index (χ0n) is 16.9. The Balaban J connectivity index is 1.53. The van der Waals surface area contributed by atoms with E-state index < -0.39 is 0 Å². The number of nitrogens with one attached hydrogen (secondary N) is 2. The number of hydrogen-bond acceptors (Lipinski definition) is 3. The van der Waals surface area contributed by atoms with Crippen molar-refractivity contribution in [3.63, 3.8) is 0 Å². The van der Waals surface area contributed by atoms with Gasteiger partial charge in [0.05, 0.1) is 12.5 Å². The Morgan fingerprint density at radius 2 is 1.72 bits per heavy atom. The summed E-state index contributed by atoms with van der Waals surface area (Å²) in [7, 11) is 0. The van der Waals surface area contributed by atoms with Crippen molar-refractivity contribution in [2.24, 2.45) is 5.92 Å². The van der Waals surface area contributed by atoms with E-state index in [-0.39, 0.29) is 30.2 Å². The minimum Gasteiger partial charge on any atom is -0.347 e. The van der Waals surface area contributed by atoms with Crippen LogP contribution in [0.3, 0.4) is 0 Å². The van der Waals surface area contributed by atoms with Gasteiger partial charge in [0.2, 0.25) is 11.8 Å². The van der Waals surface area contributed by atoms with Crippen LogP contribution in [0.25, 0.3) is 0 Å². The first-order chi connectivity index (χ1) is 13.9. The first-order valence-electron chi connectivity index (χ1n) is 9.92. The summed E-state index contributed by atoms with van der Waals surface area (Å²) in [6.45, 7) is 4.87. The zero-order valence-corrected chi connectivity index (χ0v) is 16.9. The highest BCUT2D eigenvalue weighted by Crippen LogP contribution is 2.20. The van der Waals surface area contributed by atoms with E-state index in [2.05, 4.69) is 10.6 Å². The van der Waals surface area contributed by atoms with Crippen LogP contribution in [0, 0.1) is 19.8 Å². The number of rotatable bonds is 5. The van der Waals surface area contributed by atoms with Gasteiger partial charge < -0.3 is 15.5 Å². The number of para-hydroxylation sites is 1. The number of piperidine rings is 1. The monoisotopic (exact) mass is 393 g/mol. The number of amides is 3. The predicted octanol–water partition coefficient (Wildman–Crippen LogP) is 2.91. The lowest BCUT2D eigenvalue weighted by Crippen LogP contribution is -2.46. The fraction of sp³-hybridized carbons (Fsp3) is 0.348. The summed E-state index contributed by atoms with van der Waals surface area (Å²) in [6, 6.07) is 14.9. The molecule has 3 rings (SSSR count). The van der Waals surface area contributed by atoms with Gasteiger partial charge in [0, 0.05) is 24.3 Å². The van der Waals surface area contributed by atoms with Gasteiger partial charge in [-0.15, -0.1) is 0 Å². The molecule has 1 aliphatic rings. The lowest BCUT2D eigenvalue weighted by Gasteiger charge is -2.32. The van der Waals surface area contributed by atoms with E-state index in [1.165, 1.54) is 0 Å². The Morgan fingerprint density at radius 1 is 1.03 bits per heavy atom. The van der Waals surface area contributed by atoms with Gasteiger partial charge in [-0.25, -0.2) is 0 Å². The lowest BCUT2D eigenvalue weighted by molar-refractivity contribution is -0.128. The molecular formula is C23H27N3O3. The molecule has 1 unspecified atom stereocenters. The molecule has 152 valence electrons. The van der Waals surface area contributed by atoms with Crippen LogP contribution in [0.1, 0.15) is 34.3 Å². The summed E-state index contributed by atoms with van der Waals surface area (Å²) in [5, 5.41) is 5.44. The minimum absolute atomic E-state index is 0.0453. The second kappa shape index (κ2) is 9.37. The topological polar surface area (TPSA) is 78.5 Å². The Morgan fingerprint density at radius 3 is 2.41 bits per heavy atom. The molecule has 6 heteroatoms. The van der Waals surface area contributed by atoms with Gasteiger partial charge in [-0.2, -0.15) is 0 Å². The number of anilines is 1. The Kier molecular flexibility index (Phi) is 6.65. The fourth-order valence-electron chi connectivity index (χ4n) is 3.69. The molecule has 3 amide bonds. The van der Waals surface area contributed by atoms with Crippen molar-refractivity contribution >= 4 is 23.4 Å². The third-order valence-corrected chi connectivity index (χ3v) is 5.03. The number of likely N-dealkylation sites (tertiary alicyclic amines) is 1. The van der Waals surface area contributed by atoms with Crippen LogP contribution in [0.5, 0.6) is 0 Å². The molecule has 1 fully saturated rings. The van der Waals surface area contributed by atoms with Crippen LogP contribution < -0.4 is 10.6 Å². The van der Waals surface area contributed by atoms with Crippen LogP contribution in [0.15, 0.2) is 48.5 Å². The van der Waals surface area contributed by atoms with Crippen LogP contribution in [-0.4, -0.2) is 42.3 Å². The smallest absolute Gasteiger partial charge is 0.253 e. The summed E-state index contributed by atoms with van der Waals surface area (Å²) < 4.78 is 0. The molecule has 1 saturated heterocycles. The standard InChI is InChI=1S/C23H27N3O3/c1-16-11-17(2)13-19(12-16)23(29)26-10-6-7-18(15-26)22(28)24-14-21(27)25-20-8-4-3-5-9-20/h3-5,8-9,11-13,18H,6-7,10,14-15H2,1-2H3,(H,24,28)(H,25,27). The molecule has 1 heterocycles. The highest BCUT2D eigenvalue weighted by Gasteiger charge is 2.29. The van der Waals surface area contributed by atoms with Gasteiger partial charge in [0.1, 0.15) is 0 Å². The van der Waals surface area contributed by atoms with E-state index in [0.717, 1.165) is 17.5 Å². The van der Waals surface area contributed by atoms with Crippen molar-refractivity contribution in [1.29, 1.82) is 0 Å². The van der Waals surface area contributed by atoms with Crippen molar-refractivity contribution in [2.75, 3.05) is 25.0 Å². The van der Waals surface area contributed by atoms with Crippen LogP contribution >= 0.6 is 0 Å². The maximum Gasteiger partial charge on any atom is 0.253 e. The Hall–Kier alpha value is -3.15. The van der Waals surface area contributed by atoms with Gasteiger partial charge >= 0.3 is 0 Å². The number of hydrogen-bond donors (Lipinski definition) is 2. The Labute approximate surface area is 171 Å². The second-order valence-corrected chi connectivity index (χ2v) is 7.60. The molecule has 0 aliphatic carbocycles. The van der Waals surface area contributed by atoms with Crippen molar-refractivity contribution in [1.82, 2.24) is 10.2 Å². The van der Waals surface area contributed by atoms with Gasteiger partial charge in [-0.3, -0.25) is 14.4 Å². The normalized spacial score (nSPS) is 16.2. The molecule has 2 N–H and O–H groups in total. The van der Waals surface area contributed by atoms with E-state index in [1.807, 2.05) is 50.2 Å². The number of benzene rings is 2. The third-order valence-electron chi connectivity index (χ3n) is 5.03. The minimum atomic E-state index is -0.303. The van der Waals surface area contributed by atoms with Crippen molar-refractivity contribution in [2.45, 2.75) is 26.7 Å². The molecule has 1 atom stereocenters. The molecule has 0 bridgehead atoms. The SMILES string of the molecule is Cc1cc(C)cc(C(=O)N2CCCC(C(=O)NCC(=O)Nc3ccccc3)C2)c1. The predicted molar refractivity (Wildman–Crippen MR) is 113 cm³/mol. The molecule has 29 heavy (non-hydrogen) atoms. The average Bonchev–Trinajstić information content (AvgIpc) is 2.71. The van der Waals surface area contributed by atoms with E-state index in [1.54, 1.807) is 17.0 Å². The van der Waals surface area contributed by atoms with Gasteiger partial charge in [0.15, 0.2) is 0 Å².